The van der Waals surface area contributed by atoms with Crippen molar-refractivity contribution in [3.63, 3.8) is 0 Å². The van der Waals surface area contributed by atoms with E-state index in [2.05, 4.69) is 27.7 Å². The van der Waals surface area contributed by atoms with E-state index in [4.69, 9.17) is 0 Å². The van der Waals surface area contributed by atoms with Crippen molar-refractivity contribution in [2.24, 2.45) is 0 Å². The fourth-order valence-electron chi connectivity index (χ4n) is 2.48. The Balaban J connectivity index is 3.39. The van der Waals surface area contributed by atoms with Crippen LogP contribution in [-0.2, 0) is 0 Å². The number of aliphatic hydroxyl groups is 2. The first-order valence-electron chi connectivity index (χ1n) is 9.37. The Morgan fingerprint density at radius 3 is 1.64 bits per heavy atom. The third kappa shape index (κ3) is 15.2. The van der Waals surface area contributed by atoms with Gasteiger partial charge in [-0.3, -0.25) is 0 Å². The van der Waals surface area contributed by atoms with E-state index in [0.29, 0.717) is 5.75 Å². The van der Waals surface area contributed by atoms with Gasteiger partial charge in [0.2, 0.25) is 0 Å². The Kier molecular flexibility index (Phi) is 13.9. The van der Waals surface area contributed by atoms with Crippen LogP contribution >= 0.6 is 11.8 Å². The molecular formula is C19H40O2S. The molecule has 0 unspecified atom stereocenters. The summed E-state index contributed by atoms with van der Waals surface area (Å²) in [6.45, 7) is 8.67. The lowest BCUT2D eigenvalue weighted by Crippen LogP contribution is -2.29. The lowest BCUT2D eigenvalue weighted by molar-refractivity contribution is 0.0274. The fraction of sp³-hybridized carbons (Fsp3) is 1.00. The Labute approximate surface area is 143 Å². The van der Waals surface area contributed by atoms with Crippen molar-refractivity contribution in [1.29, 1.82) is 0 Å². The van der Waals surface area contributed by atoms with Gasteiger partial charge in [0.05, 0.1) is 12.2 Å². The van der Waals surface area contributed by atoms with Gasteiger partial charge >= 0.3 is 0 Å². The van der Waals surface area contributed by atoms with Crippen molar-refractivity contribution in [2.75, 3.05) is 5.75 Å². The van der Waals surface area contributed by atoms with Gasteiger partial charge in [-0.15, -0.1) is 0 Å². The van der Waals surface area contributed by atoms with Crippen LogP contribution in [-0.4, -0.2) is 32.9 Å². The summed E-state index contributed by atoms with van der Waals surface area (Å²) in [5, 5.41) is 19.9. The first kappa shape index (κ1) is 22.3. The highest BCUT2D eigenvalue weighted by atomic mass is 32.2. The highest BCUT2D eigenvalue weighted by Crippen LogP contribution is 2.25. The van der Waals surface area contributed by atoms with Crippen LogP contribution in [0.4, 0.5) is 0 Å². The lowest BCUT2D eigenvalue weighted by Gasteiger charge is -2.23. The van der Waals surface area contributed by atoms with Crippen LogP contribution in [0, 0.1) is 0 Å². The molecule has 22 heavy (non-hydrogen) atoms. The van der Waals surface area contributed by atoms with Crippen LogP contribution in [0.1, 0.15) is 98.3 Å². The summed E-state index contributed by atoms with van der Waals surface area (Å²) >= 11 is 1.72. The van der Waals surface area contributed by atoms with Gasteiger partial charge in [-0.1, -0.05) is 91.9 Å². The molecule has 0 saturated carbocycles. The largest absolute Gasteiger partial charge is 0.390 e. The van der Waals surface area contributed by atoms with E-state index in [0.717, 1.165) is 12.8 Å². The zero-order valence-electron chi connectivity index (χ0n) is 15.4. The molecule has 2 nitrogen and oxygen atoms in total. The molecule has 0 aromatic carbocycles. The summed E-state index contributed by atoms with van der Waals surface area (Å²) < 4.78 is 0.151. The molecule has 0 aliphatic carbocycles. The van der Waals surface area contributed by atoms with Gasteiger partial charge < -0.3 is 10.2 Å². The molecule has 0 aliphatic heterocycles. The molecular weight excluding hydrogens is 292 g/mol. The van der Waals surface area contributed by atoms with Crippen molar-refractivity contribution in [3.05, 3.63) is 0 Å². The van der Waals surface area contributed by atoms with Crippen LogP contribution in [0.3, 0.4) is 0 Å². The van der Waals surface area contributed by atoms with Crippen molar-refractivity contribution in [2.45, 2.75) is 115 Å². The van der Waals surface area contributed by atoms with Gasteiger partial charge in [-0.05, 0) is 6.42 Å². The zero-order chi connectivity index (χ0) is 16.8. The normalized spacial score (nSPS) is 15.0. The summed E-state index contributed by atoms with van der Waals surface area (Å²) in [7, 11) is 0. The van der Waals surface area contributed by atoms with Gasteiger partial charge in [0.1, 0.15) is 0 Å². The molecule has 0 heterocycles. The van der Waals surface area contributed by atoms with Gasteiger partial charge in [-0.2, -0.15) is 11.8 Å². The summed E-state index contributed by atoms with van der Waals surface area (Å²) in [6, 6.07) is 0. The van der Waals surface area contributed by atoms with Crippen LogP contribution in [0.25, 0.3) is 0 Å². The van der Waals surface area contributed by atoms with Gasteiger partial charge in [0.15, 0.2) is 0 Å². The third-order valence-corrected chi connectivity index (χ3v) is 5.36. The van der Waals surface area contributed by atoms with Crippen molar-refractivity contribution >= 4 is 11.8 Å². The summed E-state index contributed by atoms with van der Waals surface area (Å²) in [5.41, 5.74) is 0. The van der Waals surface area contributed by atoms with Crippen LogP contribution in [0.2, 0.25) is 0 Å². The van der Waals surface area contributed by atoms with Crippen molar-refractivity contribution in [1.82, 2.24) is 0 Å². The van der Waals surface area contributed by atoms with E-state index in [-0.39, 0.29) is 4.75 Å². The highest BCUT2D eigenvalue weighted by molar-refractivity contribution is 8.00. The first-order valence-corrected chi connectivity index (χ1v) is 10.4. The van der Waals surface area contributed by atoms with Crippen LogP contribution < -0.4 is 0 Å². The molecule has 3 heteroatoms. The van der Waals surface area contributed by atoms with Gasteiger partial charge in [0.25, 0.3) is 0 Å². The monoisotopic (exact) mass is 332 g/mol. The zero-order valence-corrected chi connectivity index (χ0v) is 16.3. The number of hydrogen-bond donors (Lipinski definition) is 2. The van der Waals surface area contributed by atoms with E-state index in [1.54, 1.807) is 11.8 Å². The number of rotatable bonds is 14. The topological polar surface area (TPSA) is 40.5 Å². The van der Waals surface area contributed by atoms with Crippen LogP contribution in [0.5, 0.6) is 0 Å². The minimum atomic E-state index is -0.581. The predicted octanol–water partition coefficient (Wildman–Crippen LogP) is 5.55. The number of hydrogen-bond acceptors (Lipinski definition) is 3. The SMILES string of the molecule is CCCCCCCCCCCC[C@@H](O)[C@H](O)CSC(C)(C)C. The molecule has 0 fully saturated rings. The smallest absolute Gasteiger partial charge is 0.0889 e. The predicted molar refractivity (Wildman–Crippen MR) is 101 cm³/mol. The molecule has 0 radical (unpaired) electrons. The van der Waals surface area contributed by atoms with E-state index in [9.17, 15) is 10.2 Å². The molecule has 0 aromatic rings. The summed E-state index contributed by atoms with van der Waals surface area (Å²) in [6.07, 6.45) is 12.7. The maximum atomic E-state index is 9.97. The van der Waals surface area contributed by atoms with E-state index >= 15 is 0 Å². The Morgan fingerprint density at radius 2 is 1.18 bits per heavy atom. The number of aliphatic hydroxyl groups excluding tert-OH is 2. The molecule has 0 spiro atoms. The maximum Gasteiger partial charge on any atom is 0.0889 e. The average Bonchev–Trinajstić information content (AvgIpc) is 2.45. The lowest BCUT2D eigenvalue weighted by atomic mass is 10.0. The minimum absolute atomic E-state index is 0.151. The molecule has 0 aromatic heterocycles. The molecule has 2 N–H and O–H groups in total. The maximum absolute atomic E-state index is 9.97. The van der Waals surface area contributed by atoms with Gasteiger partial charge in [0, 0.05) is 10.5 Å². The van der Waals surface area contributed by atoms with E-state index in [1.807, 2.05) is 0 Å². The Morgan fingerprint density at radius 1 is 0.727 bits per heavy atom. The minimum Gasteiger partial charge on any atom is -0.390 e. The molecule has 0 rings (SSSR count). The van der Waals surface area contributed by atoms with Crippen LogP contribution in [0.15, 0.2) is 0 Å². The quantitative estimate of drug-likeness (QED) is 0.410. The first-order chi connectivity index (χ1) is 10.4. The van der Waals surface area contributed by atoms with Crippen molar-refractivity contribution < 1.29 is 10.2 Å². The number of thioether (sulfide) groups is 1. The molecule has 0 amide bonds. The van der Waals surface area contributed by atoms with E-state index in [1.165, 1.54) is 57.8 Å². The van der Waals surface area contributed by atoms with Crippen molar-refractivity contribution in [3.8, 4) is 0 Å². The van der Waals surface area contributed by atoms with Gasteiger partial charge in [-0.25, -0.2) is 0 Å². The molecule has 0 bridgehead atoms. The number of unbranched alkanes of at least 4 members (excludes halogenated alkanes) is 9. The molecule has 134 valence electrons. The third-order valence-electron chi connectivity index (χ3n) is 3.98. The second kappa shape index (κ2) is 13.7. The average molecular weight is 333 g/mol. The van der Waals surface area contributed by atoms with E-state index < -0.39 is 12.2 Å². The second-order valence-electron chi connectivity index (χ2n) is 7.53. The highest BCUT2D eigenvalue weighted by Gasteiger charge is 2.19. The molecule has 0 aliphatic rings. The second-order valence-corrected chi connectivity index (χ2v) is 9.38. The standard InChI is InChI=1S/C19H40O2S/c1-5-6-7-8-9-10-11-12-13-14-15-17(20)18(21)16-22-19(2,3)4/h17-18,20-21H,5-16H2,1-4H3/t17-,18-/m1/s1. The molecule has 2 atom stereocenters. The Bertz CT molecular complexity index is 238. The summed E-state index contributed by atoms with van der Waals surface area (Å²) in [4.78, 5) is 0. The Hall–Kier alpha value is 0.270. The summed E-state index contributed by atoms with van der Waals surface area (Å²) in [5.74, 6) is 0.627. The molecule has 0 saturated heterocycles. The fourth-order valence-corrected chi connectivity index (χ4v) is 3.37.